The average Bonchev–Trinajstić information content (AvgIpc) is 3.23. The number of benzene rings is 1. The van der Waals surface area contributed by atoms with Crippen LogP contribution in [0.25, 0.3) is 0 Å². The zero-order valence-electron chi connectivity index (χ0n) is 11.8. The Morgan fingerprint density at radius 2 is 2.05 bits per heavy atom. The van der Waals surface area contributed by atoms with Crippen LogP contribution in [0.4, 0.5) is 4.79 Å². The van der Waals surface area contributed by atoms with Crippen LogP contribution in [0.5, 0.6) is 0 Å². The number of nitrogens with one attached hydrogen (secondary N) is 2. The van der Waals surface area contributed by atoms with E-state index in [0.29, 0.717) is 18.4 Å². The Hall–Kier alpha value is -2.04. The van der Waals surface area contributed by atoms with E-state index in [2.05, 4.69) is 22.8 Å². The lowest BCUT2D eigenvalue weighted by Crippen LogP contribution is -2.46. The number of aliphatic carboxylic acids is 1. The van der Waals surface area contributed by atoms with Gasteiger partial charge in [-0.15, -0.1) is 0 Å². The highest BCUT2D eigenvalue weighted by Gasteiger charge is 2.34. The van der Waals surface area contributed by atoms with Gasteiger partial charge >= 0.3 is 12.0 Å². The third kappa shape index (κ3) is 3.35. The molecular formula is C16H20N2O3. The Balaban J connectivity index is 1.45. The molecule has 2 unspecified atom stereocenters. The average molecular weight is 288 g/mol. The molecule has 1 fully saturated rings. The molecule has 21 heavy (non-hydrogen) atoms. The Morgan fingerprint density at radius 3 is 2.71 bits per heavy atom. The van der Waals surface area contributed by atoms with Gasteiger partial charge in [0.2, 0.25) is 0 Å². The van der Waals surface area contributed by atoms with Crippen LogP contribution < -0.4 is 10.6 Å². The zero-order valence-corrected chi connectivity index (χ0v) is 11.8. The summed E-state index contributed by atoms with van der Waals surface area (Å²) in [6.07, 6.45) is 3.02. The zero-order chi connectivity index (χ0) is 14.8. The largest absolute Gasteiger partial charge is 0.481 e. The molecule has 0 aromatic heterocycles. The summed E-state index contributed by atoms with van der Waals surface area (Å²) in [5, 5.41) is 14.6. The summed E-state index contributed by atoms with van der Waals surface area (Å²) < 4.78 is 0. The second-order valence-electron chi connectivity index (χ2n) is 6.00. The van der Waals surface area contributed by atoms with Crippen LogP contribution in [0, 0.1) is 5.92 Å². The van der Waals surface area contributed by atoms with E-state index in [9.17, 15) is 9.59 Å². The predicted octanol–water partition coefficient (Wildman–Crippen LogP) is 1.88. The molecule has 0 aliphatic heterocycles. The smallest absolute Gasteiger partial charge is 0.315 e. The third-order valence-corrected chi connectivity index (χ3v) is 4.37. The molecule has 2 aliphatic carbocycles. The van der Waals surface area contributed by atoms with Crippen LogP contribution in [0.15, 0.2) is 24.3 Å². The van der Waals surface area contributed by atoms with Gasteiger partial charge in [0.05, 0.1) is 6.42 Å². The molecule has 2 aliphatic rings. The van der Waals surface area contributed by atoms with Gasteiger partial charge < -0.3 is 15.7 Å². The van der Waals surface area contributed by atoms with Gasteiger partial charge in [-0.25, -0.2) is 4.79 Å². The van der Waals surface area contributed by atoms with Gasteiger partial charge in [0.15, 0.2) is 0 Å². The molecule has 0 heterocycles. The van der Waals surface area contributed by atoms with E-state index in [4.69, 9.17) is 5.11 Å². The maximum atomic E-state index is 11.9. The van der Waals surface area contributed by atoms with Crippen molar-refractivity contribution in [3.63, 3.8) is 0 Å². The molecule has 2 amide bonds. The lowest BCUT2D eigenvalue weighted by molar-refractivity contribution is -0.137. The number of rotatable bonds is 6. The first-order valence-corrected chi connectivity index (χ1v) is 7.47. The van der Waals surface area contributed by atoms with Crippen molar-refractivity contribution in [3.05, 3.63) is 35.4 Å². The van der Waals surface area contributed by atoms with Crippen LogP contribution in [0.3, 0.4) is 0 Å². The monoisotopic (exact) mass is 288 g/mol. The first kappa shape index (κ1) is 13.9. The molecule has 0 radical (unpaired) electrons. The minimum absolute atomic E-state index is 0.00431. The molecule has 0 bridgehead atoms. The maximum Gasteiger partial charge on any atom is 0.315 e. The van der Waals surface area contributed by atoms with Crippen molar-refractivity contribution in [1.82, 2.24) is 10.6 Å². The van der Waals surface area contributed by atoms with Gasteiger partial charge in [-0.3, -0.25) is 4.79 Å². The standard InChI is InChI=1S/C16H20N2O3/c19-15(20)8-14(10-5-6-10)18-16(21)17-9-12-7-11-3-1-2-4-13(11)12/h1-4,10,12,14H,5-9H2,(H,19,20)(H2,17,18,21). The second-order valence-corrected chi connectivity index (χ2v) is 6.00. The van der Waals surface area contributed by atoms with Crippen LogP contribution in [-0.4, -0.2) is 29.7 Å². The first-order chi connectivity index (χ1) is 10.1. The van der Waals surface area contributed by atoms with E-state index in [1.807, 2.05) is 12.1 Å². The SMILES string of the molecule is O=C(O)CC(NC(=O)NCC1Cc2ccccc21)C1CC1. The van der Waals surface area contributed by atoms with Gasteiger partial charge in [-0.1, -0.05) is 24.3 Å². The number of hydrogen-bond acceptors (Lipinski definition) is 2. The number of carboxylic acid groups (broad SMARTS) is 1. The number of urea groups is 1. The molecule has 3 rings (SSSR count). The van der Waals surface area contributed by atoms with Crippen molar-refractivity contribution >= 4 is 12.0 Å². The highest BCUT2D eigenvalue weighted by molar-refractivity contribution is 5.76. The molecule has 3 N–H and O–H groups in total. The number of carbonyl (C=O) groups is 2. The molecule has 1 aromatic rings. The lowest BCUT2D eigenvalue weighted by Gasteiger charge is -2.30. The van der Waals surface area contributed by atoms with Gasteiger partial charge in [-0.2, -0.15) is 0 Å². The minimum atomic E-state index is -0.861. The Bertz CT molecular complexity index is 554. The topological polar surface area (TPSA) is 78.4 Å². The molecule has 5 nitrogen and oxygen atoms in total. The van der Waals surface area contributed by atoms with E-state index < -0.39 is 5.97 Å². The molecular weight excluding hydrogens is 268 g/mol. The minimum Gasteiger partial charge on any atom is -0.481 e. The van der Waals surface area contributed by atoms with Crippen LogP contribution in [0.1, 0.15) is 36.3 Å². The molecule has 5 heteroatoms. The van der Waals surface area contributed by atoms with Crippen molar-refractivity contribution < 1.29 is 14.7 Å². The van der Waals surface area contributed by atoms with Gasteiger partial charge in [0.25, 0.3) is 0 Å². The highest BCUT2D eigenvalue weighted by atomic mass is 16.4. The molecule has 112 valence electrons. The summed E-state index contributed by atoms with van der Waals surface area (Å²) in [4.78, 5) is 22.7. The summed E-state index contributed by atoms with van der Waals surface area (Å²) in [5.74, 6) is -0.151. The third-order valence-electron chi connectivity index (χ3n) is 4.37. The molecule has 0 saturated heterocycles. The summed E-state index contributed by atoms with van der Waals surface area (Å²) in [6.45, 7) is 0.604. The molecule has 0 spiro atoms. The number of amides is 2. The van der Waals surface area contributed by atoms with Crippen molar-refractivity contribution in [2.75, 3.05) is 6.54 Å². The fourth-order valence-electron chi connectivity index (χ4n) is 3.00. The quantitative estimate of drug-likeness (QED) is 0.748. The summed E-state index contributed by atoms with van der Waals surface area (Å²) >= 11 is 0. The van der Waals surface area contributed by atoms with Crippen molar-refractivity contribution in [2.24, 2.45) is 5.92 Å². The van der Waals surface area contributed by atoms with E-state index in [1.54, 1.807) is 0 Å². The predicted molar refractivity (Wildman–Crippen MR) is 78.2 cm³/mol. The maximum absolute atomic E-state index is 11.9. The molecule has 2 atom stereocenters. The highest BCUT2D eigenvalue weighted by Crippen LogP contribution is 2.35. The Labute approximate surface area is 123 Å². The van der Waals surface area contributed by atoms with Crippen LogP contribution >= 0.6 is 0 Å². The number of carboxylic acids is 1. The summed E-state index contributed by atoms with van der Waals surface area (Å²) in [7, 11) is 0. The second kappa shape index (κ2) is 5.76. The number of carbonyl (C=O) groups excluding carboxylic acids is 1. The molecule has 1 aromatic carbocycles. The lowest BCUT2D eigenvalue weighted by atomic mass is 9.78. The van der Waals surface area contributed by atoms with Gasteiger partial charge in [-0.05, 0) is 36.3 Å². The van der Waals surface area contributed by atoms with Crippen molar-refractivity contribution in [1.29, 1.82) is 0 Å². The van der Waals surface area contributed by atoms with E-state index in [0.717, 1.165) is 19.3 Å². The van der Waals surface area contributed by atoms with Gasteiger partial charge in [0.1, 0.15) is 0 Å². The van der Waals surface area contributed by atoms with Gasteiger partial charge in [0, 0.05) is 18.5 Å². The van der Waals surface area contributed by atoms with E-state index in [1.165, 1.54) is 11.1 Å². The number of hydrogen-bond donors (Lipinski definition) is 3. The normalized spacial score (nSPS) is 20.9. The van der Waals surface area contributed by atoms with E-state index >= 15 is 0 Å². The fraction of sp³-hybridized carbons (Fsp3) is 0.500. The van der Waals surface area contributed by atoms with Crippen LogP contribution in [-0.2, 0) is 11.2 Å². The van der Waals surface area contributed by atoms with E-state index in [-0.39, 0.29) is 18.5 Å². The first-order valence-electron chi connectivity index (χ1n) is 7.47. The summed E-state index contributed by atoms with van der Waals surface area (Å²) in [5.41, 5.74) is 2.66. The Morgan fingerprint density at radius 1 is 1.29 bits per heavy atom. The van der Waals surface area contributed by atoms with Crippen molar-refractivity contribution in [3.8, 4) is 0 Å². The Kier molecular flexibility index (Phi) is 3.82. The number of fused-ring (bicyclic) bond motifs is 1. The fourth-order valence-corrected chi connectivity index (χ4v) is 3.00. The van der Waals surface area contributed by atoms with Crippen LogP contribution in [0.2, 0.25) is 0 Å². The summed E-state index contributed by atoms with van der Waals surface area (Å²) in [6, 6.07) is 7.76. The molecule has 1 saturated carbocycles. The van der Waals surface area contributed by atoms with Crippen molar-refractivity contribution in [2.45, 2.75) is 37.6 Å².